The van der Waals surface area contributed by atoms with Crippen molar-refractivity contribution in [2.24, 2.45) is 0 Å². The maximum absolute atomic E-state index is 12.4. The standard InChI is InChI=1S/C19H21Cl2NO2/c1-11(2)15-7-5-12(3)9-18(15)24-13(4)19(23)22-14-6-8-16(20)17(21)10-14/h5-11,13H,1-4H3,(H,22,23)/t13-/m0/s1. The van der Waals surface area contributed by atoms with Gasteiger partial charge >= 0.3 is 0 Å². The normalized spacial score (nSPS) is 12.1. The number of hydrogen-bond acceptors (Lipinski definition) is 2. The van der Waals surface area contributed by atoms with Crippen LogP contribution in [0.25, 0.3) is 0 Å². The summed E-state index contributed by atoms with van der Waals surface area (Å²) >= 11 is 11.8. The average molecular weight is 366 g/mol. The van der Waals surface area contributed by atoms with Crippen molar-refractivity contribution in [2.75, 3.05) is 5.32 Å². The van der Waals surface area contributed by atoms with Crippen LogP contribution in [-0.2, 0) is 4.79 Å². The quantitative estimate of drug-likeness (QED) is 0.723. The molecule has 0 heterocycles. The van der Waals surface area contributed by atoms with Crippen LogP contribution in [0.2, 0.25) is 10.0 Å². The molecule has 0 aliphatic rings. The number of carbonyl (C=O) groups excluding carboxylic acids is 1. The summed E-state index contributed by atoms with van der Waals surface area (Å²) in [5, 5.41) is 3.62. The number of carbonyl (C=O) groups is 1. The second-order valence-electron chi connectivity index (χ2n) is 6.07. The molecule has 24 heavy (non-hydrogen) atoms. The third-order valence-electron chi connectivity index (χ3n) is 3.65. The summed E-state index contributed by atoms with van der Waals surface area (Å²) in [6.07, 6.45) is -0.640. The largest absolute Gasteiger partial charge is 0.481 e. The van der Waals surface area contributed by atoms with Gasteiger partial charge in [0.25, 0.3) is 5.91 Å². The smallest absolute Gasteiger partial charge is 0.265 e. The highest BCUT2D eigenvalue weighted by molar-refractivity contribution is 6.42. The van der Waals surface area contributed by atoms with Gasteiger partial charge < -0.3 is 10.1 Å². The van der Waals surface area contributed by atoms with Gasteiger partial charge in [0.2, 0.25) is 0 Å². The number of anilines is 1. The van der Waals surface area contributed by atoms with Gasteiger partial charge in [-0.15, -0.1) is 0 Å². The number of nitrogens with one attached hydrogen (secondary N) is 1. The van der Waals surface area contributed by atoms with Gasteiger partial charge in [-0.25, -0.2) is 0 Å². The Kier molecular flexibility index (Phi) is 6.14. The SMILES string of the molecule is Cc1ccc(C(C)C)c(O[C@@H](C)C(=O)Nc2ccc(Cl)c(Cl)c2)c1. The molecule has 2 rings (SSSR count). The number of rotatable bonds is 5. The molecule has 0 unspecified atom stereocenters. The number of aryl methyl sites for hydroxylation is 1. The summed E-state index contributed by atoms with van der Waals surface area (Å²) in [6.45, 7) is 7.91. The van der Waals surface area contributed by atoms with Crippen molar-refractivity contribution < 1.29 is 9.53 Å². The Bertz CT molecular complexity index is 744. The third kappa shape index (κ3) is 4.65. The summed E-state index contributed by atoms with van der Waals surface area (Å²) < 4.78 is 5.90. The van der Waals surface area contributed by atoms with E-state index < -0.39 is 6.10 Å². The second kappa shape index (κ2) is 7.91. The van der Waals surface area contributed by atoms with Crippen molar-refractivity contribution in [3.63, 3.8) is 0 Å². The lowest BCUT2D eigenvalue weighted by Gasteiger charge is -2.19. The van der Waals surface area contributed by atoms with Crippen LogP contribution in [0.5, 0.6) is 5.75 Å². The molecule has 0 spiro atoms. The van der Waals surface area contributed by atoms with Gasteiger partial charge in [-0.1, -0.05) is 49.2 Å². The second-order valence-corrected chi connectivity index (χ2v) is 6.89. The van der Waals surface area contributed by atoms with Crippen LogP contribution in [0.4, 0.5) is 5.69 Å². The Labute approximate surface area is 152 Å². The van der Waals surface area contributed by atoms with Crippen molar-refractivity contribution in [1.29, 1.82) is 0 Å². The molecular formula is C19H21Cl2NO2. The van der Waals surface area contributed by atoms with Gasteiger partial charge in [0.05, 0.1) is 10.0 Å². The Morgan fingerprint density at radius 2 is 1.75 bits per heavy atom. The molecule has 0 aliphatic carbocycles. The van der Waals surface area contributed by atoms with Crippen LogP contribution in [0.3, 0.4) is 0 Å². The molecule has 0 radical (unpaired) electrons. The average Bonchev–Trinajstić information content (AvgIpc) is 2.50. The van der Waals surface area contributed by atoms with Gasteiger partial charge in [-0.05, 0) is 55.2 Å². The van der Waals surface area contributed by atoms with Gasteiger partial charge in [0.1, 0.15) is 5.75 Å². The summed E-state index contributed by atoms with van der Waals surface area (Å²) in [5.74, 6) is 0.803. The van der Waals surface area contributed by atoms with Gasteiger partial charge in [0.15, 0.2) is 6.10 Å². The highest BCUT2D eigenvalue weighted by Gasteiger charge is 2.18. The summed E-state index contributed by atoms with van der Waals surface area (Å²) in [7, 11) is 0. The molecule has 0 aromatic heterocycles. The monoisotopic (exact) mass is 365 g/mol. The van der Waals surface area contributed by atoms with Crippen LogP contribution in [-0.4, -0.2) is 12.0 Å². The predicted octanol–water partition coefficient (Wildman–Crippen LogP) is 5.83. The van der Waals surface area contributed by atoms with Crippen LogP contribution >= 0.6 is 23.2 Å². The molecule has 1 amide bonds. The van der Waals surface area contributed by atoms with Crippen LogP contribution < -0.4 is 10.1 Å². The molecular weight excluding hydrogens is 345 g/mol. The number of hydrogen-bond donors (Lipinski definition) is 1. The molecule has 128 valence electrons. The maximum atomic E-state index is 12.4. The van der Waals surface area contributed by atoms with E-state index in [1.165, 1.54) is 0 Å². The van der Waals surface area contributed by atoms with Gasteiger partial charge in [-0.2, -0.15) is 0 Å². The molecule has 0 fully saturated rings. The molecule has 2 aromatic carbocycles. The first-order chi connectivity index (χ1) is 11.3. The maximum Gasteiger partial charge on any atom is 0.265 e. The molecule has 0 aliphatic heterocycles. The molecule has 0 bridgehead atoms. The van der Waals surface area contributed by atoms with Gasteiger partial charge in [-0.3, -0.25) is 4.79 Å². The fraction of sp³-hybridized carbons (Fsp3) is 0.316. The van der Waals surface area contributed by atoms with E-state index in [-0.39, 0.29) is 5.91 Å². The number of halogens is 2. The zero-order chi connectivity index (χ0) is 17.9. The molecule has 0 saturated heterocycles. The Hall–Kier alpha value is -1.71. The lowest BCUT2D eigenvalue weighted by atomic mass is 10.0. The topological polar surface area (TPSA) is 38.3 Å². The van der Waals surface area contributed by atoms with E-state index in [1.54, 1.807) is 25.1 Å². The van der Waals surface area contributed by atoms with E-state index in [2.05, 4.69) is 19.2 Å². The summed E-state index contributed by atoms with van der Waals surface area (Å²) in [4.78, 5) is 12.4. The van der Waals surface area contributed by atoms with E-state index in [4.69, 9.17) is 27.9 Å². The van der Waals surface area contributed by atoms with Crippen molar-refractivity contribution in [3.8, 4) is 5.75 Å². The zero-order valence-electron chi connectivity index (χ0n) is 14.2. The Balaban J connectivity index is 2.11. The number of benzene rings is 2. The van der Waals surface area contributed by atoms with Crippen molar-refractivity contribution >= 4 is 34.8 Å². The number of ether oxygens (including phenoxy) is 1. The fourth-order valence-electron chi connectivity index (χ4n) is 2.28. The minimum Gasteiger partial charge on any atom is -0.481 e. The van der Waals surface area contributed by atoms with E-state index in [9.17, 15) is 4.79 Å². The van der Waals surface area contributed by atoms with Gasteiger partial charge in [0, 0.05) is 5.69 Å². The van der Waals surface area contributed by atoms with Crippen molar-refractivity contribution in [2.45, 2.75) is 39.7 Å². The van der Waals surface area contributed by atoms with E-state index in [0.29, 0.717) is 21.7 Å². The zero-order valence-corrected chi connectivity index (χ0v) is 15.7. The summed E-state index contributed by atoms with van der Waals surface area (Å²) in [5.41, 5.74) is 2.75. The molecule has 1 N–H and O–H groups in total. The lowest BCUT2D eigenvalue weighted by Crippen LogP contribution is -2.30. The fourth-order valence-corrected chi connectivity index (χ4v) is 2.58. The lowest BCUT2D eigenvalue weighted by molar-refractivity contribution is -0.122. The van der Waals surface area contributed by atoms with Crippen LogP contribution in [0.1, 0.15) is 37.8 Å². The summed E-state index contributed by atoms with van der Waals surface area (Å²) in [6, 6.07) is 11.0. The highest BCUT2D eigenvalue weighted by atomic mass is 35.5. The molecule has 3 nitrogen and oxygen atoms in total. The van der Waals surface area contributed by atoms with E-state index >= 15 is 0 Å². The highest BCUT2D eigenvalue weighted by Crippen LogP contribution is 2.29. The minimum atomic E-state index is -0.640. The van der Waals surface area contributed by atoms with Crippen LogP contribution in [0, 0.1) is 6.92 Å². The minimum absolute atomic E-state index is 0.246. The molecule has 2 aromatic rings. The van der Waals surface area contributed by atoms with Crippen LogP contribution in [0.15, 0.2) is 36.4 Å². The first-order valence-electron chi connectivity index (χ1n) is 7.81. The molecule has 5 heteroatoms. The Morgan fingerprint density at radius 3 is 2.38 bits per heavy atom. The molecule has 1 atom stereocenters. The first-order valence-corrected chi connectivity index (χ1v) is 8.56. The van der Waals surface area contributed by atoms with E-state index in [1.807, 2.05) is 25.1 Å². The Morgan fingerprint density at radius 1 is 1.04 bits per heavy atom. The number of amides is 1. The molecule has 0 saturated carbocycles. The van der Waals surface area contributed by atoms with Crippen molar-refractivity contribution in [3.05, 3.63) is 57.6 Å². The van der Waals surface area contributed by atoms with Crippen molar-refractivity contribution in [1.82, 2.24) is 0 Å². The predicted molar refractivity (Wildman–Crippen MR) is 100 cm³/mol. The third-order valence-corrected chi connectivity index (χ3v) is 4.39. The first kappa shape index (κ1) is 18.6. The van der Waals surface area contributed by atoms with E-state index in [0.717, 1.165) is 16.9 Å².